The summed E-state index contributed by atoms with van der Waals surface area (Å²) in [5.41, 5.74) is -1.41. The fourth-order valence-corrected chi connectivity index (χ4v) is 1.52. The van der Waals surface area contributed by atoms with Crippen LogP contribution in [0.3, 0.4) is 0 Å². The number of nitrogens with zero attached hydrogens (tertiary/aromatic N) is 1. The molecule has 0 aliphatic rings. The van der Waals surface area contributed by atoms with Crippen molar-refractivity contribution in [3.8, 4) is 11.5 Å². The maximum absolute atomic E-state index is 12.5. The van der Waals surface area contributed by atoms with Gasteiger partial charge in [0.15, 0.2) is 17.2 Å². The molecule has 1 heterocycles. The highest BCUT2D eigenvalue weighted by Crippen LogP contribution is 2.39. The standard InChI is InChI=1S/C8H4F6INO2/c1-17-3-2-4(18-8(12,13)14)6(15)16-5(3)7(9,10)11/h2H,1H3. The van der Waals surface area contributed by atoms with Gasteiger partial charge in [0, 0.05) is 6.07 Å². The molecular weight excluding hydrogens is 383 g/mol. The average molecular weight is 387 g/mol. The van der Waals surface area contributed by atoms with Crippen LogP contribution in [0.5, 0.6) is 11.5 Å². The molecular formula is C8H4F6INO2. The van der Waals surface area contributed by atoms with Gasteiger partial charge >= 0.3 is 12.5 Å². The molecule has 0 saturated heterocycles. The van der Waals surface area contributed by atoms with Crippen molar-refractivity contribution in [1.82, 2.24) is 4.98 Å². The van der Waals surface area contributed by atoms with Crippen LogP contribution in [0, 0.1) is 3.70 Å². The lowest BCUT2D eigenvalue weighted by Gasteiger charge is -2.15. The Morgan fingerprint density at radius 3 is 2.06 bits per heavy atom. The molecule has 0 spiro atoms. The van der Waals surface area contributed by atoms with Gasteiger partial charge in [-0.3, -0.25) is 0 Å². The zero-order valence-corrected chi connectivity index (χ0v) is 10.6. The second-order valence-corrected chi connectivity index (χ2v) is 3.90. The fraction of sp³-hybridized carbons (Fsp3) is 0.375. The first-order valence-electron chi connectivity index (χ1n) is 4.12. The SMILES string of the molecule is COc1cc(OC(F)(F)F)c(I)nc1C(F)(F)F. The Labute approximate surface area is 110 Å². The summed E-state index contributed by atoms with van der Waals surface area (Å²) in [6, 6.07) is 0.491. The molecule has 10 heteroatoms. The first kappa shape index (κ1) is 15.1. The van der Waals surface area contributed by atoms with Gasteiger partial charge in [0.2, 0.25) is 0 Å². The number of pyridine rings is 1. The van der Waals surface area contributed by atoms with E-state index in [0.717, 1.165) is 7.11 Å². The Hall–Kier alpha value is -0.940. The molecule has 0 bridgehead atoms. The molecule has 18 heavy (non-hydrogen) atoms. The van der Waals surface area contributed by atoms with Crippen LogP contribution < -0.4 is 9.47 Å². The highest BCUT2D eigenvalue weighted by Gasteiger charge is 2.39. The Kier molecular flexibility index (Phi) is 4.18. The van der Waals surface area contributed by atoms with Gasteiger partial charge in [-0.25, -0.2) is 4.98 Å². The number of ether oxygens (including phenoxy) is 2. The number of aromatic nitrogens is 1. The van der Waals surface area contributed by atoms with Gasteiger partial charge in [-0.05, 0) is 22.6 Å². The number of methoxy groups -OCH3 is 1. The minimum Gasteiger partial charge on any atom is -0.494 e. The summed E-state index contributed by atoms with van der Waals surface area (Å²) in [6.07, 6.45) is -9.85. The lowest BCUT2D eigenvalue weighted by atomic mass is 10.3. The number of hydrogen-bond donors (Lipinski definition) is 0. The quantitative estimate of drug-likeness (QED) is 0.442. The van der Waals surface area contributed by atoms with E-state index >= 15 is 0 Å². The zero-order chi connectivity index (χ0) is 14.1. The fourth-order valence-electron chi connectivity index (χ4n) is 1.01. The first-order chi connectivity index (χ1) is 8.04. The molecule has 0 saturated carbocycles. The van der Waals surface area contributed by atoms with E-state index in [9.17, 15) is 26.3 Å². The summed E-state index contributed by atoms with van der Waals surface area (Å²) in [4.78, 5) is 3.01. The summed E-state index contributed by atoms with van der Waals surface area (Å²) in [6.45, 7) is 0. The minimum absolute atomic E-state index is 0.491. The van der Waals surface area contributed by atoms with E-state index in [2.05, 4.69) is 14.5 Å². The summed E-state index contributed by atoms with van der Waals surface area (Å²) >= 11 is 1.21. The van der Waals surface area contributed by atoms with Crippen molar-refractivity contribution in [2.75, 3.05) is 7.11 Å². The first-order valence-corrected chi connectivity index (χ1v) is 5.20. The van der Waals surface area contributed by atoms with Crippen molar-refractivity contribution in [3.05, 3.63) is 15.5 Å². The van der Waals surface area contributed by atoms with E-state index in [1.54, 1.807) is 0 Å². The normalized spacial score (nSPS) is 12.4. The molecule has 1 aromatic rings. The molecule has 0 N–H and O–H groups in total. The molecule has 1 rings (SSSR count). The summed E-state index contributed by atoms with van der Waals surface area (Å²) in [7, 11) is 0.885. The second-order valence-electron chi connectivity index (χ2n) is 2.87. The molecule has 0 amide bonds. The van der Waals surface area contributed by atoms with Crippen LogP contribution in [-0.4, -0.2) is 18.5 Å². The Morgan fingerprint density at radius 2 is 1.67 bits per heavy atom. The van der Waals surface area contributed by atoms with Crippen LogP contribution in [0.15, 0.2) is 6.07 Å². The van der Waals surface area contributed by atoms with Gasteiger partial charge in [0.05, 0.1) is 7.11 Å². The Balaban J connectivity index is 3.27. The van der Waals surface area contributed by atoms with Crippen LogP contribution in [0.1, 0.15) is 5.69 Å². The van der Waals surface area contributed by atoms with Crippen LogP contribution in [0.25, 0.3) is 0 Å². The Bertz CT molecular complexity index is 444. The zero-order valence-electron chi connectivity index (χ0n) is 8.49. The average Bonchev–Trinajstić information content (AvgIpc) is 2.17. The minimum atomic E-state index is -5.02. The van der Waals surface area contributed by atoms with E-state index in [1.165, 1.54) is 22.6 Å². The van der Waals surface area contributed by atoms with E-state index in [-0.39, 0.29) is 0 Å². The molecule has 0 atom stereocenters. The second kappa shape index (κ2) is 4.97. The monoisotopic (exact) mass is 387 g/mol. The molecule has 0 radical (unpaired) electrons. The van der Waals surface area contributed by atoms with Crippen molar-refractivity contribution in [2.45, 2.75) is 12.5 Å². The van der Waals surface area contributed by atoms with Crippen molar-refractivity contribution in [1.29, 1.82) is 0 Å². The third-order valence-electron chi connectivity index (χ3n) is 1.62. The molecule has 0 aliphatic heterocycles. The molecule has 102 valence electrons. The highest BCUT2D eigenvalue weighted by molar-refractivity contribution is 14.1. The van der Waals surface area contributed by atoms with E-state index in [4.69, 9.17) is 0 Å². The number of alkyl halides is 6. The van der Waals surface area contributed by atoms with Gasteiger partial charge in [0.1, 0.15) is 3.70 Å². The molecule has 1 aromatic heterocycles. The predicted octanol–water partition coefficient (Wildman–Crippen LogP) is 3.61. The Morgan fingerprint density at radius 1 is 1.11 bits per heavy atom. The molecule has 0 fully saturated rings. The number of halogens is 7. The maximum atomic E-state index is 12.5. The van der Waals surface area contributed by atoms with Crippen LogP contribution in [0.4, 0.5) is 26.3 Å². The van der Waals surface area contributed by atoms with Crippen LogP contribution in [0.2, 0.25) is 0 Å². The van der Waals surface area contributed by atoms with Gasteiger partial charge in [0.25, 0.3) is 0 Å². The number of hydrogen-bond acceptors (Lipinski definition) is 3. The van der Waals surface area contributed by atoms with Crippen molar-refractivity contribution >= 4 is 22.6 Å². The summed E-state index contributed by atoms with van der Waals surface area (Å²) in [5, 5.41) is 0. The lowest BCUT2D eigenvalue weighted by Crippen LogP contribution is -2.19. The van der Waals surface area contributed by atoms with Crippen LogP contribution in [-0.2, 0) is 6.18 Å². The third-order valence-corrected chi connectivity index (χ3v) is 2.40. The van der Waals surface area contributed by atoms with Crippen LogP contribution >= 0.6 is 22.6 Å². The molecule has 0 unspecified atom stereocenters. The largest absolute Gasteiger partial charge is 0.573 e. The van der Waals surface area contributed by atoms with E-state index in [1.807, 2.05) is 0 Å². The molecule has 3 nitrogen and oxygen atoms in total. The van der Waals surface area contributed by atoms with Gasteiger partial charge in [-0.15, -0.1) is 13.2 Å². The van der Waals surface area contributed by atoms with Gasteiger partial charge in [-0.2, -0.15) is 13.2 Å². The van der Waals surface area contributed by atoms with Gasteiger partial charge in [-0.1, -0.05) is 0 Å². The van der Waals surface area contributed by atoms with Crippen molar-refractivity contribution < 1.29 is 35.8 Å². The van der Waals surface area contributed by atoms with E-state index in [0.29, 0.717) is 6.07 Å². The molecule has 0 aliphatic carbocycles. The van der Waals surface area contributed by atoms with Crippen molar-refractivity contribution in [3.63, 3.8) is 0 Å². The van der Waals surface area contributed by atoms with Gasteiger partial charge < -0.3 is 9.47 Å². The number of rotatable bonds is 2. The lowest BCUT2D eigenvalue weighted by molar-refractivity contribution is -0.275. The van der Waals surface area contributed by atoms with Crippen molar-refractivity contribution in [2.24, 2.45) is 0 Å². The maximum Gasteiger partial charge on any atom is 0.573 e. The molecule has 0 aromatic carbocycles. The predicted molar refractivity (Wildman–Crippen MR) is 55.2 cm³/mol. The summed E-state index contributed by atoms with van der Waals surface area (Å²) < 4.78 is 80.7. The summed E-state index contributed by atoms with van der Waals surface area (Å²) in [5.74, 6) is -1.70. The van der Waals surface area contributed by atoms with E-state index < -0.39 is 33.4 Å². The highest BCUT2D eigenvalue weighted by atomic mass is 127. The topological polar surface area (TPSA) is 31.4 Å². The smallest absolute Gasteiger partial charge is 0.494 e. The third kappa shape index (κ3) is 3.78.